The van der Waals surface area contributed by atoms with Crippen LogP contribution in [0.15, 0.2) is 18.2 Å². The second-order valence-electron chi connectivity index (χ2n) is 6.64. The van der Waals surface area contributed by atoms with E-state index in [9.17, 15) is 28.1 Å². The van der Waals surface area contributed by atoms with Crippen LogP contribution in [0.2, 0.25) is 0 Å². The summed E-state index contributed by atoms with van der Waals surface area (Å²) in [6.07, 6.45) is 4.57. The van der Waals surface area contributed by atoms with Crippen LogP contribution in [-0.4, -0.2) is 32.3 Å². The van der Waals surface area contributed by atoms with Gasteiger partial charge in [-0.3, -0.25) is 20.2 Å². The van der Waals surface area contributed by atoms with Crippen LogP contribution < -0.4 is 10.6 Å². The smallest absolute Gasteiger partial charge is 0.321 e. The first-order valence-electron chi connectivity index (χ1n) is 8.73. The molecule has 1 aromatic rings. The molecule has 0 spiro atoms. The summed E-state index contributed by atoms with van der Waals surface area (Å²) in [6, 6.07) is 3.50. The molecule has 0 saturated heterocycles. The maximum Gasteiger partial charge on any atom is 0.321 e. The molecule has 27 heavy (non-hydrogen) atoms. The molecule has 1 aromatic carbocycles. The normalized spacial score (nSPS) is 15.5. The molecule has 1 saturated carbocycles. The molecule has 0 heterocycles. The van der Waals surface area contributed by atoms with E-state index in [4.69, 9.17) is 0 Å². The van der Waals surface area contributed by atoms with Crippen molar-refractivity contribution in [2.45, 2.75) is 43.8 Å². The lowest BCUT2D eigenvalue weighted by Gasteiger charge is -2.20. The Morgan fingerprint density at radius 2 is 1.96 bits per heavy atom. The number of hydrogen-bond donors (Lipinski definition) is 3. The van der Waals surface area contributed by atoms with E-state index in [1.54, 1.807) is 0 Å². The molecular weight excluding hydrogens is 374 g/mol. The maximum atomic E-state index is 12.6. The van der Waals surface area contributed by atoms with Crippen LogP contribution in [0.5, 0.6) is 0 Å². The number of urea groups is 1. The fraction of sp³-hybridized carbons (Fsp3) is 0.529. The number of thiol groups is 1. The number of nitrogens with one attached hydrogen (secondary N) is 2. The van der Waals surface area contributed by atoms with Crippen LogP contribution in [0.25, 0.3) is 0 Å². The summed E-state index contributed by atoms with van der Waals surface area (Å²) in [5.74, 6) is -1.39. The van der Waals surface area contributed by atoms with Gasteiger partial charge in [0.05, 0.1) is 16.6 Å². The predicted molar refractivity (Wildman–Crippen MR) is 99.0 cm³/mol. The first kappa shape index (κ1) is 20.8. The predicted octanol–water partition coefficient (Wildman–Crippen LogP) is 1.83. The number of imide groups is 1. The molecule has 148 valence electrons. The first-order chi connectivity index (χ1) is 12.8. The number of nitro benzene ring substituents is 1. The zero-order chi connectivity index (χ0) is 20.0. The lowest BCUT2D eigenvalue weighted by molar-refractivity contribution is -0.385. The molecule has 10 heteroatoms. The van der Waals surface area contributed by atoms with Gasteiger partial charge in [0, 0.05) is 18.7 Å². The summed E-state index contributed by atoms with van der Waals surface area (Å²) >= 11 is 0. The highest BCUT2D eigenvalue weighted by atomic mass is 32.2. The van der Waals surface area contributed by atoms with Gasteiger partial charge in [0.15, 0.2) is 0 Å². The molecule has 9 nitrogen and oxygen atoms in total. The highest BCUT2D eigenvalue weighted by Crippen LogP contribution is 2.36. The second kappa shape index (κ2) is 9.45. The molecule has 2 rings (SSSR count). The second-order valence-corrected chi connectivity index (χ2v) is 7.62. The number of carbonyl (C=O) groups excluding carboxylic acids is 2. The molecular formula is C17H23N3O6S. The Balaban J connectivity index is 2.37. The number of benzene rings is 1. The van der Waals surface area contributed by atoms with Crippen molar-refractivity contribution in [1.29, 1.82) is 0 Å². The topological polar surface area (TPSA) is 135 Å². The van der Waals surface area contributed by atoms with Crippen molar-refractivity contribution >= 4 is 28.3 Å². The van der Waals surface area contributed by atoms with Crippen molar-refractivity contribution in [3.63, 3.8) is 0 Å². The van der Waals surface area contributed by atoms with Crippen LogP contribution in [0.3, 0.4) is 0 Å². The number of hydrogen-bond acceptors (Lipinski definition) is 6. The van der Waals surface area contributed by atoms with Gasteiger partial charge in [0.2, 0.25) is 5.91 Å². The van der Waals surface area contributed by atoms with Crippen LogP contribution in [0, 0.1) is 16.0 Å². The fourth-order valence-corrected chi connectivity index (χ4v) is 4.02. The average molecular weight is 397 g/mol. The van der Waals surface area contributed by atoms with Crippen molar-refractivity contribution in [3.8, 4) is 0 Å². The van der Waals surface area contributed by atoms with Gasteiger partial charge in [0.25, 0.3) is 5.69 Å². The summed E-state index contributed by atoms with van der Waals surface area (Å²) < 4.78 is 21.9. The zero-order valence-electron chi connectivity index (χ0n) is 15.0. The van der Waals surface area contributed by atoms with Gasteiger partial charge in [-0.15, -0.1) is 0 Å². The lowest BCUT2D eigenvalue weighted by Crippen LogP contribution is -2.40. The Morgan fingerprint density at radius 1 is 1.30 bits per heavy atom. The Morgan fingerprint density at radius 3 is 2.52 bits per heavy atom. The van der Waals surface area contributed by atoms with E-state index in [1.165, 1.54) is 25.2 Å². The molecule has 1 unspecified atom stereocenters. The third kappa shape index (κ3) is 5.75. The highest BCUT2D eigenvalue weighted by molar-refractivity contribution is 7.71. The molecule has 0 aromatic heterocycles. The summed E-state index contributed by atoms with van der Waals surface area (Å²) in [5, 5.41) is 15.9. The minimum absolute atomic E-state index is 0.0752. The Kier molecular flexibility index (Phi) is 7.28. The van der Waals surface area contributed by atoms with Crippen molar-refractivity contribution in [2.75, 3.05) is 7.05 Å². The Hall–Kier alpha value is -2.49. The van der Waals surface area contributed by atoms with E-state index < -0.39 is 39.2 Å². The summed E-state index contributed by atoms with van der Waals surface area (Å²) in [5.41, 5.74) is 0.141. The zero-order valence-corrected chi connectivity index (χ0v) is 15.9. The monoisotopic (exact) mass is 397 g/mol. The van der Waals surface area contributed by atoms with Crippen LogP contribution in [0.4, 0.5) is 10.5 Å². The summed E-state index contributed by atoms with van der Waals surface area (Å²) in [4.78, 5) is 34.8. The van der Waals surface area contributed by atoms with Crippen molar-refractivity contribution in [1.82, 2.24) is 10.6 Å². The third-order valence-corrected chi connectivity index (χ3v) is 5.43. The Labute approximate surface area is 158 Å². The fourth-order valence-electron chi connectivity index (χ4n) is 3.48. The van der Waals surface area contributed by atoms with Gasteiger partial charge in [-0.05, 0) is 17.9 Å². The molecule has 0 aliphatic heterocycles. The van der Waals surface area contributed by atoms with Gasteiger partial charge < -0.3 is 5.32 Å². The van der Waals surface area contributed by atoms with Gasteiger partial charge in [-0.1, -0.05) is 37.8 Å². The minimum Gasteiger partial charge on any atom is -0.341 e. The van der Waals surface area contributed by atoms with E-state index in [0.29, 0.717) is 17.9 Å². The van der Waals surface area contributed by atoms with E-state index >= 15 is 0 Å². The molecule has 1 atom stereocenters. The molecule has 1 aliphatic rings. The van der Waals surface area contributed by atoms with E-state index in [-0.39, 0.29) is 11.3 Å². The van der Waals surface area contributed by atoms with Crippen LogP contribution >= 0.6 is 0 Å². The van der Waals surface area contributed by atoms with Gasteiger partial charge >= 0.3 is 6.03 Å². The van der Waals surface area contributed by atoms with E-state index in [1.807, 2.05) is 0 Å². The molecule has 1 aliphatic carbocycles. The van der Waals surface area contributed by atoms with Crippen molar-refractivity contribution in [3.05, 3.63) is 39.4 Å². The number of amides is 3. The molecule has 3 amide bonds. The number of rotatable bonds is 7. The lowest BCUT2D eigenvalue weighted by atomic mass is 9.86. The van der Waals surface area contributed by atoms with Crippen LogP contribution in [0.1, 0.15) is 49.1 Å². The van der Waals surface area contributed by atoms with E-state index in [2.05, 4.69) is 10.6 Å². The Bertz CT molecular complexity index is 794. The van der Waals surface area contributed by atoms with Gasteiger partial charge in [-0.2, -0.15) is 0 Å². The third-order valence-electron chi connectivity index (χ3n) is 4.83. The largest absolute Gasteiger partial charge is 0.341 e. The quantitative estimate of drug-likeness (QED) is 0.365. The van der Waals surface area contributed by atoms with Crippen molar-refractivity contribution in [2.24, 2.45) is 5.92 Å². The summed E-state index contributed by atoms with van der Waals surface area (Å²) in [6.45, 7) is 0. The number of nitro groups is 1. The molecule has 2 N–H and O–H groups in total. The first-order valence-corrected chi connectivity index (χ1v) is 10.1. The highest BCUT2D eigenvalue weighted by Gasteiger charge is 2.29. The van der Waals surface area contributed by atoms with Crippen molar-refractivity contribution < 1.29 is 22.9 Å². The standard InChI is InChI=1S/C17H23N3O6S/c1-18-17(22)19-16(21)14(8-11-4-2-3-5-11)12-6-7-13(10-27(25)26)15(9-12)20(23)24/h6-7,9,11,14,27H,2-5,8,10H2,1H3,(H2,18,19,21,22). The maximum absolute atomic E-state index is 12.6. The SMILES string of the molecule is CNC(=O)NC(=O)C(CC1CCCC1)c1ccc(C[SH](=O)=O)c([N+](=O)[O-])c1. The van der Waals surface area contributed by atoms with Crippen LogP contribution in [-0.2, 0) is 21.3 Å². The minimum atomic E-state index is -2.82. The van der Waals surface area contributed by atoms with Gasteiger partial charge in [0.1, 0.15) is 10.7 Å². The summed E-state index contributed by atoms with van der Waals surface area (Å²) in [7, 11) is -1.43. The van der Waals surface area contributed by atoms with Gasteiger partial charge in [-0.25, -0.2) is 13.2 Å². The van der Waals surface area contributed by atoms with E-state index in [0.717, 1.165) is 25.7 Å². The number of nitrogens with zero attached hydrogens (tertiary/aromatic N) is 1. The molecule has 1 fully saturated rings. The molecule has 0 radical (unpaired) electrons. The molecule has 0 bridgehead atoms. The number of carbonyl (C=O) groups is 2. The average Bonchev–Trinajstić information content (AvgIpc) is 3.12.